The molecule has 1 N–H and O–H groups in total. The third-order valence-electron chi connectivity index (χ3n) is 4.15. The summed E-state index contributed by atoms with van der Waals surface area (Å²) < 4.78 is 0. The van der Waals surface area contributed by atoms with E-state index in [4.69, 9.17) is 0 Å². The SMILES string of the molecule is C[C@H](O)c1ccc(N2CCCC(N(C)C)C2)c([N+](=O)[O-])c1. The average molecular weight is 293 g/mol. The maximum atomic E-state index is 11.3. The fourth-order valence-electron chi connectivity index (χ4n) is 2.81. The van der Waals surface area contributed by atoms with Crippen molar-refractivity contribution in [2.24, 2.45) is 0 Å². The second-order valence-corrected chi connectivity index (χ2v) is 5.89. The Balaban J connectivity index is 2.32. The van der Waals surface area contributed by atoms with E-state index in [0.717, 1.165) is 25.9 Å². The molecule has 0 aliphatic carbocycles. The van der Waals surface area contributed by atoms with E-state index in [9.17, 15) is 15.2 Å². The average Bonchev–Trinajstić information content (AvgIpc) is 2.46. The summed E-state index contributed by atoms with van der Waals surface area (Å²) in [5.74, 6) is 0. The molecule has 6 nitrogen and oxygen atoms in total. The predicted molar refractivity (Wildman–Crippen MR) is 82.7 cm³/mol. The number of likely N-dealkylation sites (N-methyl/N-ethyl adjacent to an activating group) is 1. The Labute approximate surface area is 125 Å². The van der Waals surface area contributed by atoms with Gasteiger partial charge in [0.05, 0.1) is 11.0 Å². The predicted octanol–water partition coefficient (Wildman–Crippen LogP) is 2.18. The molecule has 1 aromatic carbocycles. The third-order valence-corrected chi connectivity index (χ3v) is 4.15. The van der Waals surface area contributed by atoms with Gasteiger partial charge in [-0.2, -0.15) is 0 Å². The van der Waals surface area contributed by atoms with E-state index in [0.29, 0.717) is 17.3 Å². The third kappa shape index (κ3) is 3.51. The van der Waals surface area contributed by atoms with E-state index >= 15 is 0 Å². The van der Waals surface area contributed by atoms with Crippen LogP contribution in [0.15, 0.2) is 18.2 Å². The summed E-state index contributed by atoms with van der Waals surface area (Å²) in [5, 5.41) is 20.9. The lowest BCUT2D eigenvalue weighted by Crippen LogP contribution is -2.45. The van der Waals surface area contributed by atoms with Gasteiger partial charge in [-0.3, -0.25) is 10.1 Å². The molecule has 21 heavy (non-hydrogen) atoms. The Bertz CT molecular complexity index is 517. The van der Waals surface area contributed by atoms with Crippen molar-refractivity contribution in [2.75, 3.05) is 32.1 Å². The monoisotopic (exact) mass is 293 g/mol. The van der Waals surface area contributed by atoms with Crippen LogP contribution in [0.1, 0.15) is 31.4 Å². The summed E-state index contributed by atoms with van der Waals surface area (Å²) in [7, 11) is 4.08. The van der Waals surface area contributed by atoms with Gasteiger partial charge in [0.2, 0.25) is 0 Å². The molecule has 1 unspecified atom stereocenters. The van der Waals surface area contributed by atoms with E-state index in [1.165, 1.54) is 6.07 Å². The number of piperidine rings is 1. The van der Waals surface area contributed by atoms with Crippen molar-refractivity contribution in [1.82, 2.24) is 4.90 Å². The van der Waals surface area contributed by atoms with E-state index in [-0.39, 0.29) is 10.6 Å². The van der Waals surface area contributed by atoms with Crippen LogP contribution >= 0.6 is 0 Å². The maximum Gasteiger partial charge on any atom is 0.292 e. The number of aliphatic hydroxyl groups is 1. The maximum absolute atomic E-state index is 11.3. The molecule has 1 aliphatic heterocycles. The normalized spacial score (nSPS) is 20.6. The van der Waals surface area contributed by atoms with Crippen molar-refractivity contribution in [2.45, 2.75) is 31.9 Å². The van der Waals surface area contributed by atoms with Crippen LogP contribution in [0.5, 0.6) is 0 Å². The molecule has 1 heterocycles. The lowest BCUT2D eigenvalue weighted by molar-refractivity contribution is -0.384. The molecule has 0 radical (unpaired) electrons. The second-order valence-electron chi connectivity index (χ2n) is 5.89. The number of hydrogen-bond acceptors (Lipinski definition) is 5. The highest BCUT2D eigenvalue weighted by molar-refractivity contribution is 5.65. The minimum absolute atomic E-state index is 0.0767. The Morgan fingerprint density at radius 2 is 2.19 bits per heavy atom. The fraction of sp³-hybridized carbons (Fsp3) is 0.600. The number of nitro benzene ring substituents is 1. The van der Waals surface area contributed by atoms with Crippen molar-refractivity contribution in [3.05, 3.63) is 33.9 Å². The van der Waals surface area contributed by atoms with Crippen molar-refractivity contribution in [1.29, 1.82) is 0 Å². The zero-order valence-corrected chi connectivity index (χ0v) is 12.8. The molecule has 1 saturated heterocycles. The van der Waals surface area contributed by atoms with Crippen LogP contribution in [0.4, 0.5) is 11.4 Å². The van der Waals surface area contributed by atoms with Gasteiger partial charge in [-0.05, 0) is 45.5 Å². The molecule has 1 aromatic rings. The first kappa shape index (κ1) is 15.7. The largest absolute Gasteiger partial charge is 0.389 e. The van der Waals surface area contributed by atoms with Crippen molar-refractivity contribution in [3.63, 3.8) is 0 Å². The van der Waals surface area contributed by atoms with Gasteiger partial charge < -0.3 is 14.9 Å². The Kier molecular flexibility index (Phi) is 4.80. The van der Waals surface area contributed by atoms with Crippen LogP contribution in [0.25, 0.3) is 0 Å². The molecule has 0 amide bonds. The van der Waals surface area contributed by atoms with Crippen LogP contribution in [-0.4, -0.2) is 48.2 Å². The molecule has 1 fully saturated rings. The summed E-state index contributed by atoms with van der Waals surface area (Å²) in [6.45, 7) is 3.24. The van der Waals surface area contributed by atoms with E-state index < -0.39 is 6.10 Å². The number of nitro groups is 1. The highest BCUT2D eigenvalue weighted by Crippen LogP contribution is 2.33. The minimum Gasteiger partial charge on any atom is -0.389 e. The van der Waals surface area contributed by atoms with Gasteiger partial charge in [-0.1, -0.05) is 6.07 Å². The van der Waals surface area contributed by atoms with Gasteiger partial charge in [0, 0.05) is 25.2 Å². The van der Waals surface area contributed by atoms with Crippen LogP contribution < -0.4 is 4.90 Å². The van der Waals surface area contributed by atoms with Crippen LogP contribution in [0.3, 0.4) is 0 Å². The molecular formula is C15H23N3O3. The number of anilines is 1. The summed E-state index contributed by atoms with van der Waals surface area (Å²) in [4.78, 5) is 15.2. The van der Waals surface area contributed by atoms with Crippen LogP contribution in [-0.2, 0) is 0 Å². The Hall–Kier alpha value is -1.66. The van der Waals surface area contributed by atoms with Gasteiger partial charge in [0.25, 0.3) is 5.69 Å². The van der Waals surface area contributed by atoms with E-state index in [2.05, 4.69) is 9.80 Å². The van der Waals surface area contributed by atoms with Gasteiger partial charge in [0.15, 0.2) is 0 Å². The van der Waals surface area contributed by atoms with Gasteiger partial charge in [0.1, 0.15) is 5.69 Å². The van der Waals surface area contributed by atoms with Gasteiger partial charge in [-0.15, -0.1) is 0 Å². The first-order chi connectivity index (χ1) is 9.90. The lowest BCUT2D eigenvalue weighted by Gasteiger charge is -2.37. The zero-order chi connectivity index (χ0) is 15.6. The Morgan fingerprint density at radius 1 is 1.48 bits per heavy atom. The molecule has 2 atom stereocenters. The highest BCUT2D eigenvalue weighted by atomic mass is 16.6. The standard InChI is InChI=1S/C15H23N3O3/c1-11(19)12-6-7-14(15(9-12)18(20)21)17-8-4-5-13(10-17)16(2)3/h6-7,9,11,13,19H,4-5,8,10H2,1-3H3/t11-,13?/m0/s1. The van der Waals surface area contributed by atoms with Crippen molar-refractivity contribution in [3.8, 4) is 0 Å². The Morgan fingerprint density at radius 3 is 2.76 bits per heavy atom. The first-order valence-electron chi connectivity index (χ1n) is 7.28. The molecule has 6 heteroatoms. The van der Waals surface area contributed by atoms with E-state index in [1.54, 1.807) is 19.1 Å². The first-order valence-corrected chi connectivity index (χ1v) is 7.28. The van der Waals surface area contributed by atoms with Gasteiger partial charge >= 0.3 is 0 Å². The summed E-state index contributed by atoms with van der Waals surface area (Å²) in [6, 6.07) is 5.43. The molecule has 0 aromatic heterocycles. The lowest BCUT2D eigenvalue weighted by atomic mass is 10.0. The number of hydrogen-bond donors (Lipinski definition) is 1. The number of benzene rings is 1. The van der Waals surface area contributed by atoms with Gasteiger partial charge in [-0.25, -0.2) is 0 Å². The molecule has 116 valence electrons. The van der Waals surface area contributed by atoms with Crippen LogP contribution in [0, 0.1) is 10.1 Å². The summed E-state index contributed by atoms with van der Waals surface area (Å²) >= 11 is 0. The zero-order valence-electron chi connectivity index (χ0n) is 12.8. The van der Waals surface area contributed by atoms with Crippen molar-refractivity contribution >= 4 is 11.4 Å². The molecular weight excluding hydrogens is 270 g/mol. The topological polar surface area (TPSA) is 69.8 Å². The summed E-state index contributed by atoms with van der Waals surface area (Å²) in [6.07, 6.45) is 1.44. The quantitative estimate of drug-likeness (QED) is 0.680. The molecule has 2 rings (SSSR count). The molecule has 0 saturated carbocycles. The van der Waals surface area contributed by atoms with Crippen LogP contribution in [0.2, 0.25) is 0 Å². The summed E-state index contributed by atoms with van der Waals surface area (Å²) in [5.41, 5.74) is 1.30. The fourth-order valence-corrected chi connectivity index (χ4v) is 2.81. The van der Waals surface area contributed by atoms with Crippen molar-refractivity contribution < 1.29 is 10.0 Å². The number of nitrogens with zero attached hydrogens (tertiary/aromatic N) is 3. The second kappa shape index (κ2) is 6.41. The number of aliphatic hydroxyl groups excluding tert-OH is 1. The number of rotatable bonds is 4. The smallest absolute Gasteiger partial charge is 0.292 e. The minimum atomic E-state index is -0.700. The van der Waals surface area contributed by atoms with E-state index in [1.807, 2.05) is 14.1 Å². The molecule has 0 bridgehead atoms. The molecule has 1 aliphatic rings. The molecule has 0 spiro atoms. The highest BCUT2D eigenvalue weighted by Gasteiger charge is 2.27.